The largest absolute Gasteiger partial charge is 0.309 e. The Labute approximate surface area is 235 Å². The first kappa shape index (κ1) is 21.9. The zero-order valence-corrected chi connectivity index (χ0v) is 22.4. The lowest BCUT2D eigenvalue weighted by atomic mass is 10.1. The van der Waals surface area contributed by atoms with E-state index in [1.165, 1.54) is 54.4 Å². The molecular weight excluding hydrogens is 506 g/mol. The Morgan fingerprint density at radius 1 is 0.325 bits per heavy atom. The van der Waals surface area contributed by atoms with E-state index in [1.807, 2.05) is 3.97 Å². The summed E-state index contributed by atoms with van der Waals surface area (Å²) in [5.74, 6) is 0. The molecule has 0 radical (unpaired) electrons. The number of thiol groups is 1. The van der Waals surface area contributed by atoms with E-state index in [-0.39, 0.29) is 0 Å². The lowest BCUT2D eigenvalue weighted by Crippen LogP contribution is -1.93. The van der Waals surface area contributed by atoms with Gasteiger partial charge in [-0.1, -0.05) is 85.6 Å². The van der Waals surface area contributed by atoms with Crippen molar-refractivity contribution in [3.63, 3.8) is 0 Å². The van der Waals surface area contributed by atoms with Gasteiger partial charge in [-0.15, -0.1) is 0 Å². The fourth-order valence-electron chi connectivity index (χ4n) is 6.64. The van der Waals surface area contributed by atoms with E-state index in [0.717, 1.165) is 22.4 Å². The number of hydrogen-bond acceptors (Lipinski definition) is 1. The minimum absolute atomic E-state index is 1.10. The highest BCUT2D eigenvalue weighted by atomic mass is 32.1. The molecule has 0 aliphatic carbocycles. The Bertz CT molecular complexity index is 2390. The third kappa shape index (κ3) is 2.86. The quantitative estimate of drug-likeness (QED) is 0.214. The van der Waals surface area contributed by atoms with Crippen LogP contribution in [0.1, 0.15) is 0 Å². The van der Waals surface area contributed by atoms with Crippen LogP contribution in [0.5, 0.6) is 0 Å². The van der Waals surface area contributed by atoms with Gasteiger partial charge in [0.15, 0.2) is 0 Å². The summed E-state index contributed by atoms with van der Waals surface area (Å²) >= 11 is 5.01. The van der Waals surface area contributed by atoms with Gasteiger partial charge in [0.1, 0.15) is 0 Å². The predicted molar refractivity (Wildman–Crippen MR) is 173 cm³/mol. The van der Waals surface area contributed by atoms with Gasteiger partial charge in [-0.25, -0.2) is 0 Å². The first-order valence-corrected chi connectivity index (χ1v) is 13.9. The van der Waals surface area contributed by atoms with Gasteiger partial charge in [-0.3, -0.25) is 3.97 Å². The molecular formula is C36H23N3S. The van der Waals surface area contributed by atoms with Gasteiger partial charge in [-0.2, -0.15) is 0 Å². The van der Waals surface area contributed by atoms with Crippen molar-refractivity contribution in [3.05, 3.63) is 133 Å². The number of para-hydroxylation sites is 4. The molecule has 40 heavy (non-hydrogen) atoms. The van der Waals surface area contributed by atoms with Crippen molar-refractivity contribution in [2.45, 2.75) is 0 Å². The van der Waals surface area contributed by atoms with Crippen LogP contribution in [0.4, 0.5) is 0 Å². The number of nitrogens with zero attached hydrogens (tertiary/aromatic N) is 3. The Morgan fingerprint density at radius 3 is 1.48 bits per heavy atom. The summed E-state index contributed by atoms with van der Waals surface area (Å²) in [6.45, 7) is 0. The van der Waals surface area contributed by atoms with Crippen molar-refractivity contribution < 1.29 is 0 Å². The summed E-state index contributed by atoms with van der Waals surface area (Å²) in [4.78, 5) is 0. The maximum absolute atomic E-state index is 5.01. The molecule has 3 nitrogen and oxygen atoms in total. The molecule has 0 amide bonds. The maximum atomic E-state index is 5.01. The number of benzene rings is 6. The molecule has 0 spiro atoms. The van der Waals surface area contributed by atoms with Gasteiger partial charge < -0.3 is 9.13 Å². The minimum Gasteiger partial charge on any atom is -0.309 e. The Morgan fingerprint density at radius 2 is 0.825 bits per heavy atom. The number of fused-ring (bicyclic) bond motifs is 9. The average molecular weight is 530 g/mol. The normalized spacial score (nSPS) is 12.1. The smallest absolute Gasteiger partial charge is 0.0623 e. The van der Waals surface area contributed by atoms with Gasteiger partial charge in [0, 0.05) is 43.7 Å². The average Bonchev–Trinajstić information content (AvgIpc) is 3.62. The highest BCUT2D eigenvalue weighted by molar-refractivity contribution is 7.79. The van der Waals surface area contributed by atoms with Crippen molar-refractivity contribution in [1.29, 1.82) is 0 Å². The molecule has 0 aliphatic heterocycles. The standard InChI is InChI=1S/C36H23N3S/c40-39-34-19-18-24(38-31-15-7-4-12-25(31)26-13-5-8-16-32(26)38)20-28(34)30-21-29-27-14-6-9-17-33(27)37(35(29)22-36(30)39)23-10-2-1-3-11-23/h1-22,40H. The second-order valence-corrected chi connectivity index (χ2v) is 10.9. The lowest BCUT2D eigenvalue weighted by molar-refractivity contribution is 1.18. The summed E-state index contributed by atoms with van der Waals surface area (Å²) in [6, 6.07) is 48.0. The second-order valence-electron chi connectivity index (χ2n) is 10.5. The Hall–Kier alpha value is -4.93. The van der Waals surface area contributed by atoms with Gasteiger partial charge in [-0.05, 0) is 60.7 Å². The van der Waals surface area contributed by atoms with Gasteiger partial charge in [0.05, 0.1) is 33.1 Å². The number of hydrogen-bond donors (Lipinski definition) is 1. The summed E-state index contributed by atoms with van der Waals surface area (Å²) in [7, 11) is 0. The first-order valence-electron chi connectivity index (χ1n) is 13.5. The van der Waals surface area contributed by atoms with Crippen molar-refractivity contribution in [1.82, 2.24) is 13.1 Å². The third-order valence-corrected chi connectivity index (χ3v) is 8.80. The molecule has 0 fully saturated rings. The van der Waals surface area contributed by atoms with E-state index in [9.17, 15) is 0 Å². The molecule has 0 atom stereocenters. The van der Waals surface area contributed by atoms with Crippen LogP contribution in [-0.2, 0) is 0 Å². The molecule has 9 aromatic rings. The zero-order valence-electron chi connectivity index (χ0n) is 21.5. The number of rotatable bonds is 2. The highest BCUT2D eigenvalue weighted by Gasteiger charge is 2.18. The number of aromatic nitrogens is 3. The van der Waals surface area contributed by atoms with E-state index < -0.39 is 0 Å². The van der Waals surface area contributed by atoms with Crippen LogP contribution in [0.15, 0.2) is 133 Å². The molecule has 3 heterocycles. The van der Waals surface area contributed by atoms with Crippen molar-refractivity contribution in [2.24, 2.45) is 0 Å². The molecule has 3 aromatic heterocycles. The molecule has 0 saturated carbocycles. The topological polar surface area (TPSA) is 14.8 Å². The van der Waals surface area contributed by atoms with Gasteiger partial charge >= 0.3 is 0 Å². The van der Waals surface area contributed by atoms with E-state index in [4.69, 9.17) is 12.8 Å². The summed E-state index contributed by atoms with van der Waals surface area (Å²) in [6.07, 6.45) is 0. The molecule has 0 unspecified atom stereocenters. The van der Waals surface area contributed by atoms with E-state index in [0.29, 0.717) is 0 Å². The van der Waals surface area contributed by atoms with Crippen LogP contribution in [0, 0.1) is 0 Å². The van der Waals surface area contributed by atoms with Crippen LogP contribution in [0.25, 0.3) is 76.8 Å². The fourth-order valence-corrected chi connectivity index (χ4v) is 6.98. The Kier molecular flexibility index (Phi) is 4.41. The molecule has 6 aromatic carbocycles. The van der Waals surface area contributed by atoms with E-state index >= 15 is 0 Å². The molecule has 4 heteroatoms. The van der Waals surface area contributed by atoms with Gasteiger partial charge in [0.2, 0.25) is 0 Å². The van der Waals surface area contributed by atoms with Crippen molar-refractivity contribution >= 4 is 78.2 Å². The van der Waals surface area contributed by atoms with Crippen molar-refractivity contribution in [2.75, 3.05) is 0 Å². The lowest BCUT2D eigenvalue weighted by Gasteiger charge is -2.08. The van der Waals surface area contributed by atoms with Crippen LogP contribution in [0.3, 0.4) is 0 Å². The fraction of sp³-hybridized carbons (Fsp3) is 0. The van der Waals surface area contributed by atoms with E-state index in [1.54, 1.807) is 0 Å². The minimum atomic E-state index is 1.10. The van der Waals surface area contributed by atoms with Crippen LogP contribution in [-0.4, -0.2) is 13.1 Å². The molecule has 0 aliphatic rings. The van der Waals surface area contributed by atoms with Crippen molar-refractivity contribution in [3.8, 4) is 11.4 Å². The van der Waals surface area contributed by atoms with Gasteiger partial charge in [0.25, 0.3) is 0 Å². The molecule has 0 saturated heterocycles. The second kappa shape index (κ2) is 8.04. The molecule has 9 rings (SSSR count). The highest BCUT2D eigenvalue weighted by Crippen LogP contribution is 2.40. The third-order valence-electron chi connectivity index (χ3n) is 8.37. The molecule has 0 N–H and O–H groups in total. The summed E-state index contributed by atoms with van der Waals surface area (Å²) in [5.41, 5.74) is 9.33. The van der Waals surface area contributed by atoms with E-state index in [2.05, 4.69) is 143 Å². The zero-order chi connectivity index (χ0) is 26.4. The Balaban J connectivity index is 1.38. The molecule has 0 bridgehead atoms. The summed E-state index contributed by atoms with van der Waals surface area (Å²) in [5, 5.41) is 7.44. The summed E-state index contributed by atoms with van der Waals surface area (Å²) < 4.78 is 6.78. The molecule has 188 valence electrons. The van der Waals surface area contributed by atoms with Crippen LogP contribution in [0.2, 0.25) is 0 Å². The first-order chi connectivity index (χ1) is 19.8. The van der Waals surface area contributed by atoms with Crippen LogP contribution < -0.4 is 0 Å². The maximum Gasteiger partial charge on any atom is 0.0623 e. The SMILES string of the molecule is Sn1c2ccc(-n3c4ccccc4c4ccccc43)cc2c2cc3c4ccccc4n(-c4ccccc4)c3cc21. The monoisotopic (exact) mass is 529 g/mol. The predicted octanol–water partition coefficient (Wildman–Crippen LogP) is 9.68. The van der Waals surface area contributed by atoms with Crippen LogP contribution >= 0.6 is 12.8 Å².